The molecule has 4 fully saturated rings. The Morgan fingerprint density at radius 2 is 1.13 bits per heavy atom. The Labute approximate surface area is 379 Å². The number of oxazole rings is 2. The minimum absolute atomic E-state index is 0. The third-order valence-corrected chi connectivity index (χ3v) is 10.6. The Kier molecular flexibility index (Phi) is 22.2. The summed E-state index contributed by atoms with van der Waals surface area (Å²) in [5.41, 5.74) is 11.4. The number of nitrogens with one attached hydrogen (secondary N) is 1. The number of carboxylic acids is 2. The van der Waals surface area contributed by atoms with Crippen LogP contribution in [0.5, 0.6) is 0 Å². The maximum atomic E-state index is 9.00. The second kappa shape index (κ2) is 26.2. The van der Waals surface area contributed by atoms with Crippen molar-refractivity contribution in [3.8, 4) is 0 Å². The molecule has 2 aliphatic heterocycles. The van der Waals surface area contributed by atoms with Crippen LogP contribution in [-0.2, 0) is 51.0 Å². The summed E-state index contributed by atoms with van der Waals surface area (Å²) in [6.07, 6.45) is 5.00. The van der Waals surface area contributed by atoms with Gasteiger partial charge in [-0.3, -0.25) is 9.59 Å². The largest absolute Gasteiger partial charge is 0.481 e. The maximum absolute atomic E-state index is 9.00. The van der Waals surface area contributed by atoms with E-state index in [1.165, 1.54) is 43.1 Å². The minimum Gasteiger partial charge on any atom is -0.481 e. The predicted octanol–water partition coefficient (Wildman–Crippen LogP) is 7.15. The van der Waals surface area contributed by atoms with Crippen molar-refractivity contribution in [2.75, 3.05) is 67.7 Å². The summed E-state index contributed by atoms with van der Waals surface area (Å²) in [5.74, 6) is 2.47. The number of nitrogens with zero attached hydrogens (tertiary/aromatic N) is 6. The molecule has 2 aliphatic carbocycles. The van der Waals surface area contributed by atoms with Gasteiger partial charge in [0.15, 0.2) is 0 Å². The van der Waals surface area contributed by atoms with Gasteiger partial charge in [0.2, 0.25) is 0 Å². The molecule has 6 heterocycles. The minimum atomic E-state index is -0.833. The van der Waals surface area contributed by atoms with Crippen molar-refractivity contribution < 1.29 is 58.5 Å². The van der Waals surface area contributed by atoms with E-state index in [1.54, 1.807) is 11.8 Å². The van der Waals surface area contributed by atoms with Crippen LogP contribution in [0.15, 0.2) is 43.5 Å². The monoisotopic (exact) mass is 982 g/mol. The first-order chi connectivity index (χ1) is 28.1. The molecule has 8 rings (SSSR count). The summed E-state index contributed by atoms with van der Waals surface area (Å²) < 4.78 is 22.1. The molecule has 0 amide bonds. The van der Waals surface area contributed by atoms with Crippen molar-refractivity contribution in [3.63, 3.8) is 0 Å². The third-order valence-electron chi connectivity index (χ3n) is 8.70. The molecule has 20 heteroatoms. The van der Waals surface area contributed by atoms with E-state index in [2.05, 4.69) is 48.3 Å². The van der Waals surface area contributed by atoms with Crippen molar-refractivity contribution in [2.24, 2.45) is 5.73 Å². The molecule has 0 spiro atoms. The fraction of sp³-hybridized carbons (Fsp3) is 0.550. The molecule has 4 aromatic heterocycles. The van der Waals surface area contributed by atoms with Crippen molar-refractivity contribution in [2.45, 2.75) is 101 Å². The van der Waals surface area contributed by atoms with Crippen LogP contribution in [0, 0.1) is 27.7 Å². The van der Waals surface area contributed by atoms with Crippen LogP contribution in [0.25, 0.3) is 0 Å². The third kappa shape index (κ3) is 20.0. The van der Waals surface area contributed by atoms with E-state index in [0.29, 0.717) is 33.4 Å². The number of hydrogen-bond acceptors (Lipinski definition) is 16. The average molecular weight is 984 g/mol. The molecular formula is C40H57ClN8O8PdS2. The molecule has 0 aromatic carbocycles. The van der Waals surface area contributed by atoms with Crippen molar-refractivity contribution in [1.82, 2.24) is 19.9 Å². The number of rotatable bonds is 10. The fourth-order valence-electron chi connectivity index (χ4n) is 5.15. The second-order valence-corrected chi connectivity index (χ2v) is 16.4. The van der Waals surface area contributed by atoms with Crippen molar-refractivity contribution in [1.29, 1.82) is 0 Å². The number of anilines is 3. The molecule has 60 heavy (non-hydrogen) atoms. The number of ether oxygens (including phenoxy) is 2. The number of halogens is 1. The van der Waals surface area contributed by atoms with Crippen molar-refractivity contribution in [3.05, 3.63) is 63.7 Å². The Morgan fingerprint density at radius 3 is 1.50 bits per heavy atom. The second-order valence-electron chi connectivity index (χ2n) is 14.2. The Balaban J connectivity index is 0.000000250. The summed E-state index contributed by atoms with van der Waals surface area (Å²) in [6, 6.07) is 9.49. The SMILES string of the molecule is CC(=O)O.CC(=O)O.Cc1nc(SCc2cc(N3CCOCC3)cc(Cl)n2)oc1C.Cc1nc(SCc2cc(N3CCOCC3)cc(NC3CC3)n2)oc1C.NC1CC1.[Pd]. The molecule has 4 aromatic rings. The number of carboxylic acid groups (broad SMARTS) is 2. The Hall–Kier alpha value is -3.41. The number of nitrogens with two attached hydrogens (primary N) is 1. The van der Waals surface area contributed by atoms with E-state index in [-0.39, 0.29) is 20.4 Å². The Bertz CT molecular complexity index is 1880. The van der Waals surface area contributed by atoms with Crippen LogP contribution in [-0.4, -0.2) is 107 Å². The van der Waals surface area contributed by atoms with Gasteiger partial charge in [-0.1, -0.05) is 35.1 Å². The molecule has 16 nitrogen and oxygen atoms in total. The first-order valence-corrected chi connectivity index (χ1v) is 21.9. The predicted molar refractivity (Wildman–Crippen MR) is 231 cm³/mol. The number of pyridine rings is 2. The normalized spacial score (nSPS) is 15.6. The summed E-state index contributed by atoms with van der Waals surface area (Å²) in [5, 5.41) is 20.3. The van der Waals surface area contributed by atoms with Gasteiger partial charge in [0, 0.05) is 101 Å². The molecule has 0 atom stereocenters. The van der Waals surface area contributed by atoms with Gasteiger partial charge < -0.3 is 49.4 Å². The first-order valence-electron chi connectivity index (χ1n) is 19.5. The van der Waals surface area contributed by atoms with Gasteiger partial charge in [-0.05, 0) is 71.6 Å². The maximum Gasteiger partial charge on any atom is 0.300 e. The molecule has 334 valence electrons. The van der Waals surface area contributed by atoms with Gasteiger partial charge in [-0.25, -0.2) is 19.9 Å². The van der Waals surface area contributed by atoms with Gasteiger partial charge in [-0.2, -0.15) is 0 Å². The van der Waals surface area contributed by atoms with Gasteiger partial charge in [0.25, 0.3) is 22.4 Å². The summed E-state index contributed by atoms with van der Waals surface area (Å²) in [4.78, 5) is 40.6. The standard InChI is InChI=1S/C18H24N4O2S.C15H18ClN3O2S.C3H7N.2C2H4O2.Pd/c1-12-13(2)24-18(19-12)25-11-15-9-16(22-5-7-23-8-6-22)10-17(21-15)20-14-3-4-14;1-10-11(2)21-15(17-10)22-9-12-7-13(8-14(16)18-12)19-3-5-20-6-4-19;4-3-1-2-3;2*1-2(3)4;/h9-10,14H,3-8,11H2,1-2H3,(H,20,21);7-8H,3-6,9H2,1-2H3;3H,1-2,4H2;2*1H3,(H,3,4);. The average Bonchev–Trinajstić information content (AvgIpc) is 4.12. The number of morpholine rings is 2. The van der Waals surface area contributed by atoms with Crippen molar-refractivity contribution >= 4 is 64.3 Å². The molecular weight excluding hydrogens is 926 g/mol. The van der Waals surface area contributed by atoms with E-state index >= 15 is 0 Å². The van der Waals surface area contributed by atoms with E-state index in [4.69, 9.17) is 60.4 Å². The van der Waals surface area contributed by atoms with Crippen LogP contribution in [0.1, 0.15) is 73.8 Å². The number of aryl methyl sites for hydroxylation is 4. The zero-order chi connectivity index (χ0) is 42.9. The van der Waals surface area contributed by atoms with Crippen LogP contribution in [0.3, 0.4) is 0 Å². The van der Waals surface area contributed by atoms with E-state index in [1.807, 2.05) is 33.8 Å². The van der Waals surface area contributed by atoms with Gasteiger partial charge in [-0.15, -0.1) is 0 Å². The van der Waals surface area contributed by atoms with E-state index in [0.717, 1.165) is 118 Å². The first kappa shape index (κ1) is 50.9. The van der Waals surface area contributed by atoms with Crippen LogP contribution in [0.4, 0.5) is 17.2 Å². The summed E-state index contributed by atoms with van der Waals surface area (Å²) in [6.45, 7) is 16.6. The number of aliphatic carboxylic acids is 2. The smallest absolute Gasteiger partial charge is 0.300 e. The van der Waals surface area contributed by atoms with Crippen LogP contribution < -0.4 is 20.9 Å². The molecule has 0 unspecified atom stereocenters. The van der Waals surface area contributed by atoms with Crippen LogP contribution in [0.2, 0.25) is 5.15 Å². The molecule has 0 bridgehead atoms. The Morgan fingerprint density at radius 1 is 0.733 bits per heavy atom. The molecule has 2 saturated heterocycles. The molecule has 5 N–H and O–H groups in total. The van der Waals surface area contributed by atoms with Crippen LogP contribution >= 0.6 is 35.1 Å². The zero-order valence-corrected chi connectivity index (χ0v) is 38.9. The summed E-state index contributed by atoms with van der Waals surface area (Å²) >= 11 is 9.29. The number of carbonyl (C=O) groups is 2. The zero-order valence-electron chi connectivity index (χ0n) is 35.0. The quantitative estimate of drug-likeness (QED) is 0.0705. The number of thioether (sulfide) groups is 2. The fourth-order valence-corrected chi connectivity index (χ4v) is 6.98. The number of hydrogen-bond donors (Lipinski definition) is 4. The van der Waals surface area contributed by atoms with E-state index in [9.17, 15) is 0 Å². The van der Waals surface area contributed by atoms with Gasteiger partial charge >= 0.3 is 0 Å². The topological polar surface area (TPSA) is 215 Å². The number of aromatic nitrogens is 4. The summed E-state index contributed by atoms with van der Waals surface area (Å²) in [7, 11) is 0. The van der Waals surface area contributed by atoms with E-state index < -0.39 is 11.9 Å². The molecule has 2 saturated carbocycles. The van der Waals surface area contributed by atoms with Gasteiger partial charge in [0.05, 0.1) is 49.2 Å². The molecule has 4 aliphatic rings. The van der Waals surface area contributed by atoms with Gasteiger partial charge in [0.1, 0.15) is 22.5 Å². The molecule has 0 radical (unpaired) electrons.